The van der Waals surface area contributed by atoms with Crippen LogP contribution in [0.25, 0.3) is 0 Å². The molecule has 34 heavy (non-hydrogen) atoms. The van der Waals surface area contributed by atoms with Crippen LogP contribution in [0.2, 0.25) is 0 Å². The zero-order chi connectivity index (χ0) is 23.5. The molecule has 5 rings (SSSR count). The highest BCUT2D eigenvalue weighted by molar-refractivity contribution is 6.06. The lowest BCUT2D eigenvalue weighted by Gasteiger charge is -2.28. The van der Waals surface area contributed by atoms with Crippen LogP contribution < -0.4 is 15.4 Å². The number of fused-ring (bicyclic) bond motifs is 1. The van der Waals surface area contributed by atoms with E-state index in [1.807, 2.05) is 55.5 Å². The van der Waals surface area contributed by atoms with Gasteiger partial charge >= 0.3 is 5.97 Å². The first-order valence-electron chi connectivity index (χ1n) is 10.7. The van der Waals surface area contributed by atoms with Crippen molar-refractivity contribution in [3.63, 3.8) is 0 Å². The third-order valence-corrected chi connectivity index (χ3v) is 5.49. The summed E-state index contributed by atoms with van der Waals surface area (Å²) >= 11 is 0. The molecule has 168 valence electrons. The summed E-state index contributed by atoms with van der Waals surface area (Å²) < 4.78 is 7.16. The van der Waals surface area contributed by atoms with Gasteiger partial charge in [0, 0.05) is 11.4 Å². The predicted molar refractivity (Wildman–Crippen MR) is 127 cm³/mol. The monoisotopic (exact) mass is 451 g/mol. The van der Waals surface area contributed by atoms with Crippen molar-refractivity contribution in [2.75, 3.05) is 10.6 Å². The number of anilines is 2. The standard InChI is InChI=1S/C26H21N5O3/c1-17-22(24(32)30-20-10-6-3-7-11-20)23(31-26(29-17)27-16-28-31)18-12-14-21(15-13-18)34-25(33)19-8-4-2-5-9-19/h2-16,23H,1H3,(H,30,32)(H,27,28,29)/t23-/m1/s1. The number of carbonyl (C=O) groups is 2. The second-order valence-electron chi connectivity index (χ2n) is 7.74. The minimum atomic E-state index is -0.513. The summed E-state index contributed by atoms with van der Waals surface area (Å²) in [4.78, 5) is 30.0. The number of aromatic nitrogens is 3. The number of nitrogens with one attached hydrogen (secondary N) is 2. The Bertz CT molecular complexity index is 1360. The fourth-order valence-corrected chi connectivity index (χ4v) is 3.87. The molecule has 1 aromatic heterocycles. The highest BCUT2D eigenvalue weighted by atomic mass is 16.5. The molecule has 8 heteroatoms. The molecule has 0 radical (unpaired) electrons. The molecule has 1 aliphatic heterocycles. The Hall–Kier alpha value is -4.72. The minimum absolute atomic E-state index is 0.248. The van der Waals surface area contributed by atoms with E-state index < -0.39 is 12.0 Å². The summed E-state index contributed by atoms with van der Waals surface area (Å²) in [6, 6.07) is 24.6. The Labute approximate surface area is 195 Å². The SMILES string of the molecule is CC1=C(C(=O)Nc2ccccc2)[C@@H](c2ccc(OC(=O)c3ccccc3)cc2)n2ncnc2N1. The lowest BCUT2D eigenvalue weighted by molar-refractivity contribution is -0.113. The van der Waals surface area contributed by atoms with Crippen LogP contribution in [-0.2, 0) is 4.79 Å². The Balaban J connectivity index is 1.44. The van der Waals surface area contributed by atoms with E-state index in [9.17, 15) is 9.59 Å². The van der Waals surface area contributed by atoms with E-state index in [0.717, 1.165) is 5.56 Å². The first-order chi connectivity index (χ1) is 16.6. The molecule has 4 aromatic rings. The Morgan fingerprint density at radius 2 is 1.62 bits per heavy atom. The van der Waals surface area contributed by atoms with Crippen LogP contribution in [0.15, 0.2) is 103 Å². The van der Waals surface area contributed by atoms with Crippen LogP contribution in [0, 0.1) is 0 Å². The first-order valence-corrected chi connectivity index (χ1v) is 10.7. The van der Waals surface area contributed by atoms with E-state index in [1.165, 1.54) is 6.33 Å². The molecule has 0 saturated carbocycles. The van der Waals surface area contributed by atoms with Crippen LogP contribution in [0.1, 0.15) is 28.9 Å². The molecule has 3 aromatic carbocycles. The van der Waals surface area contributed by atoms with E-state index >= 15 is 0 Å². The van der Waals surface area contributed by atoms with Crippen molar-refractivity contribution in [2.24, 2.45) is 0 Å². The average Bonchev–Trinajstić information content (AvgIpc) is 3.33. The third-order valence-electron chi connectivity index (χ3n) is 5.49. The predicted octanol–water partition coefficient (Wildman–Crippen LogP) is 4.42. The van der Waals surface area contributed by atoms with Crippen molar-refractivity contribution in [1.82, 2.24) is 14.8 Å². The Kier molecular flexibility index (Phi) is 5.61. The molecule has 0 saturated heterocycles. The zero-order valence-electron chi connectivity index (χ0n) is 18.3. The van der Waals surface area contributed by atoms with Crippen molar-refractivity contribution >= 4 is 23.5 Å². The normalized spacial score (nSPS) is 14.7. The van der Waals surface area contributed by atoms with Gasteiger partial charge in [-0.15, -0.1) is 0 Å². The molecule has 0 unspecified atom stereocenters. The summed E-state index contributed by atoms with van der Waals surface area (Å²) in [6.07, 6.45) is 1.44. The Morgan fingerprint density at radius 3 is 2.32 bits per heavy atom. The molecule has 0 aliphatic carbocycles. The molecule has 0 fully saturated rings. The summed E-state index contributed by atoms with van der Waals surface area (Å²) in [5.41, 5.74) is 3.15. The topological polar surface area (TPSA) is 98.1 Å². The van der Waals surface area contributed by atoms with Crippen molar-refractivity contribution in [3.05, 3.63) is 114 Å². The van der Waals surface area contributed by atoms with Gasteiger partial charge in [-0.3, -0.25) is 4.79 Å². The maximum absolute atomic E-state index is 13.3. The van der Waals surface area contributed by atoms with Crippen molar-refractivity contribution in [1.29, 1.82) is 0 Å². The number of carbonyl (C=O) groups excluding carboxylic acids is 2. The molecule has 0 bridgehead atoms. The van der Waals surface area contributed by atoms with Crippen molar-refractivity contribution in [2.45, 2.75) is 13.0 Å². The van der Waals surface area contributed by atoms with Crippen LogP contribution >= 0.6 is 0 Å². The number of benzene rings is 3. The van der Waals surface area contributed by atoms with E-state index in [-0.39, 0.29) is 5.91 Å². The molecule has 0 spiro atoms. The maximum Gasteiger partial charge on any atom is 0.343 e. The summed E-state index contributed by atoms with van der Waals surface area (Å²) in [5, 5.41) is 10.4. The number of amides is 1. The van der Waals surface area contributed by atoms with E-state index in [2.05, 4.69) is 20.7 Å². The highest BCUT2D eigenvalue weighted by Crippen LogP contribution is 2.35. The third kappa shape index (κ3) is 4.16. The number of rotatable bonds is 5. The maximum atomic E-state index is 13.3. The van der Waals surface area contributed by atoms with E-state index in [0.29, 0.717) is 34.2 Å². The largest absolute Gasteiger partial charge is 0.423 e. The zero-order valence-corrected chi connectivity index (χ0v) is 18.3. The van der Waals surface area contributed by atoms with Gasteiger partial charge in [0.1, 0.15) is 18.1 Å². The van der Waals surface area contributed by atoms with Gasteiger partial charge < -0.3 is 15.4 Å². The van der Waals surface area contributed by atoms with Crippen LogP contribution in [-0.4, -0.2) is 26.6 Å². The quantitative estimate of drug-likeness (QED) is 0.344. The summed E-state index contributed by atoms with van der Waals surface area (Å²) in [6.45, 7) is 1.83. The number of allylic oxidation sites excluding steroid dienone is 1. The van der Waals surface area contributed by atoms with Crippen molar-refractivity contribution in [3.8, 4) is 5.75 Å². The van der Waals surface area contributed by atoms with Crippen LogP contribution in [0.5, 0.6) is 5.75 Å². The fraction of sp³-hybridized carbons (Fsp3) is 0.0769. The summed E-state index contributed by atoms with van der Waals surface area (Å²) in [5.74, 6) is 0.258. The smallest absolute Gasteiger partial charge is 0.343 e. The molecule has 1 atom stereocenters. The number of para-hydroxylation sites is 1. The van der Waals surface area contributed by atoms with Gasteiger partial charge in [0.15, 0.2) is 0 Å². The van der Waals surface area contributed by atoms with Gasteiger partial charge in [0.25, 0.3) is 5.91 Å². The Morgan fingerprint density at radius 1 is 0.941 bits per heavy atom. The van der Waals surface area contributed by atoms with Gasteiger partial charge in [-0.1, -0.05) is 48.5 Å². The van der Waals surface area contributed by atoms with Crippen molar-refractivity contribution < 1.29 is 14.3 Å². The van der Waals surface area contributed by atoms with Crippen LogP contribution in [0.3, 0.4) is 0 Å². The number of hydrogen-bond acceptors (Lipinski definition) is 6. The molecular weight excluding hydrogens is 430 g/mol. The molecule has 1 aliphatic rings. The van der Waals surface area contributed by atoms with Gasteiger partial charge in [-0.05, 0) is 48.9 Å². The lowest BCUT2D eigenvalue weighted by atomic mass is 9.95. The number of hydrogen-bond donors (Lipinski definition) is 2. The average molecular weight is 451 g/mol. The highest BCUT2D eigenvalue weighted by Gasteiger charge is 2.33. The fourth-order valence-electron chi connectivity index (χ4n) is 3.87. The molecule has 1 amide bonds. The van der Waals surface area contributed by atoms with Crippen LogP contribution in [0.4, 0.5) is 11.6 Å². The summed E-state index contributed by atoms with van der Waals surface area (Å²) in [7, 11) is 0. The second-order valence-corrected chi connectivity index (χ2v) is 7.74. The minimum Gasteiger partial charge on any atom is -0.423 e. The molecule has 2 heterocycles. The first kappa shape index (κ1) is 21.1. The van der Waals surface area contributed by atoms with E-state index in [4.69, 9.17) is 4.74 Å². The second kappa shape index (κ2) is 9.03. The molecular formula is C26H21N5O3. The van der Waals surface area contributed by atoms with Gasteiger partial charge in [0.05, 0.1) is 11.1 Å². The number of nitrogens with zero attached hydrogens (tertiary/aromatic N) is 3. The van der Waals surface area contributed by atoms with Gasteiger partial charge in [-0.2, -0.15) is 10.1 Å². The molecule has 2 N–H and O–H groups in total. The number of ether oxygens (including phenoxy) is 1. The van der Waals surface area contributed by atoms with E-state index in [1.54, 1.807) is 41.1 Å². The number of esters is 1. The van der Waals surface area contributed by atoms with Gasteiger partial charge in [0.2, 0.25) is 5.95 Å². The van der Waals surface area contributed by atoms with Gasteiger partial charge in [-0.25, -0.2) is 9.48 Å². The molecule has 8 nitrogen and oxygen atoms in total. The lowest BCUT2D eigenvalue weighted by Crippen LogP contribution is -2.31.